The number of nitrogens with zero attached hydrogens (tertiary/aromatic N) is 2. The third kappa shape index (κ3) is 3.68. The van der Waals surface area contributed by atoms with Crippen LogP contribution in [0.25, 0.3) is 0 Å². The van der Waals surface area contributed by atoms with Crippen LogP contribution in [-0.4, -0.2) is 22.8 Å². The molecule has 0 amide bonds. The van der Waals surface area contributed by atoms with Gasteiger partial charge in [-0.1, -0.05) is 30.0 Å². The van der Waals surface area contributed by atoms with Crippen molar-refractivity contribution in [3.63, 3.8) is 0 Å². The van der Waals surface area contributed by atoms with E-state index in [1.54, 1.807) is 18.9 Å². The van der Waals surface area contributed by atoms with Crippen LogP contribution in [0, 0.1) is 6.92 Å². The Kier molecular flexibility index (Phi) is 4.76. The average molecular weight is 275 g/mol. The molecule has 0 saturated carbocycles. The topological polar surface area (TPSA) is 61.0 Å². The predicted molar refractivity (Wildman–Crippen MR) is 77.4 cm³/mol. The Morgan fingerprint density at radius 3 is 2.63 bits per heavy atom. The maximum atomic E-state index is 6.19. The fraction of sp³-hybridized carbons (Fsp3) is 0.286. The van der Waals surface area contributed by atoms with Crippen LogP contribution in [0.5, 0.6) is 5.75 Å². The highest BCUT2D eigenvalue weighted by Crippen LogP contribution is 2.27. The maximum Gasteiger partial charge on any atom is 0.187 e. The van der Waals surface area contributed by atoms with Gasteiger partial charge in [0.25, 0.3) is 0 Å². The highest BCUT2D eigenvalue weighted by atomic mass is 32.2. The van der Waals surface area contributed by atoms with Gasteiger partial charge in [-0.3, -0.25) is 0 Å². The summed E-state index contributed by atoms with van der Waals surface area (Å²) in [5.74, 6) is 1.53. The summed E-state index contributed by atoms with van der Waals surface area (Å²) in [5, 5.41) is 0.746. The van der Waals surface area contributed by atoms with Crippen molar-refractivity contribution in [1.29, 1.82) is 0 Å². The lowest BCUT2D eigenvalue weighted by atomic mass is 10.1. The molecule has 0 fully saturated rings. The molecule has 1 heterocycles. The van der Waals surface area contributed by atoms with Crippen molar-refractivity contribution in [1.82, 2.24) is 9.97 Å². The van der Waals surface area contributed by atoms with E-state index in [0.717, 1.165) is 22.0 Å². The van der Waals surface area contributed by atoms with Gasteiger partial charge in [0.05, 0.1) is 7.11 Å². The minimum absolute atomic E-state index is 0.106. The highest BCUT2D eigenvalue weighted by Gasteiger charge is 2.12. The summed E-state index contributed by atoms with van der Waals surface area (Å²) in [5.41, 5.74) is 8.25. The lowest BCUT2D eigenvalue weighted by Gasteiger charge is -2.14. The van der Waals surface area contributed by atoms with Crippen LogP contribution in [-0.2, 0) is 0 Å². The molecule has 100 valence electrons. The van der Waals surface area contributed by atoms with Gasteiger partial charge in [0.2, 0.25) is 0 Å². The third-order valence-electron chi connectivity index (χ3n) is 2.69. The van der Waals surface area contributed by atoms with Gasteiger partial charge in [0.1, 0.15) is 5.75 Å². The van der Waals surface area contributed by atoms with E-state index in [0.29, 0.717) is 5.75 Å². The first-order chi connectivity index (χ1) is 9.20. The number of rotatable bonds is 5. The average Bonchev–Trinajstić information content (AvgIpc) is 2.46. The van der Waals surface area contributed by atoms with Crippen LogP contribution in [0.3, 0.4) is 0 Å². The first-order valence-electron chi connectivity index (χ1n) is 6.00. The van der Waals surface area contributed by atoms with E-state index in [4.69, 9.17) is 10.5 Å². The van der Waals surface area contributed by atoms with E-state index in [9.17, 15) is 0 Å². The molecule has 2 rings (SSSR count). The van der Waals surface area contributed by atoms with Crippen molar-refractivity contribution in [2.24, 2.45) is 5.73 Å². The summed E-state index contributed by atoms with van der Waals surface area (Å²) in [7, 11) is 1.65. The molecule has 1 unspecified atom stereocenters. The van der Waals surface area contributed by atoms with Crippen molar-refractivity contribution < 1.29 is 4.74 Å². The number of aromatic nitrogens is 2. The summed E-state index contributed by atoms with van der Waals surface area (Å²) < 4.78 is 5.31. The van der Waals surface area contributed by atoms with E-state index in [-0.39, 0.29) is 6.04 Å². The largest absolute Gasteiger partial charge is 0.496 e. The number of hydrogen-bond acceptors (Lipinski definition) is 5. The van der Waals surface area contributed by atoms with Crippen molar-refractivity contribution in [2.75, 3.05) is 12.9 Å². The quantitative estimate of drug-likeness (QED) is 0.671. The van der Waals surface area contributed by atoms with Gasteiger partial charge in [-0.25, -0.2) is 9.97 Å². The second-order valence-corrected chi connectivity index (χ2v) is 5.19. The van der Waals surface area contributed by atoms with Crippen molar-refractivity contribution >= 4 is 11.8 Å². The Bertz CT molecular complexity index is 530. The summed E-state index contributed by atoms with van der Waals surface area (Å²) in [6, 6.07) is 7.70. The summed E-state index contributed by atoms with van der Waals surface area (Å²) >= 11 is 1.55. The van der Waals surface area contributed by atoms with Crippen LogP contribution in [0.2, 0.25) is 0 Å². The van der Waals surface area contributed by atoms with E-state index >= 15 is 0 Å². The number of benzene rings is 1. The molecule has 1 aromatic carbocycles. The first kappa shape index (κ1) is 13.8. The molecule has 5 heteroatoms. The predicted octanol–water partition coefficient (Wildman–Crippen LogP) is 2.59. The zero-order valence-corrected chi connectivity index (χ0v) is 11.9. The Hall–Kier alpha value is -1.59. The smallest absolute Gasteiger partial charge is 0.187 e. The molecule has 0 aliphatic heterocycles. The molecular formula is C14H17N3OS. The van der Waals surface area contributed by atoms with E-state index in [1.165, 1.54) is 0 Å². The lowest BCUT2D eigenvalue weighted by Crippen LogP contribution is -2.14. The molecule has 2 aromatic rings. The Balaban J connectivity index is 2.01. The molecule has 1 atom stereocenters. The zero-order chi connectivity index (χ0) is 13.7. The molecule has 0 bridgehead atoms. The van der Waals surface area contributed by atoms with Gasteiger partial charge >= 0.3 is 0 Å². The summed E-state index contributed by atoms with van der Waals surface area (Å²) in [4.78, 5) is 8.50. The number of thioether (sulfide) groups is 1. The first-order valence-corrected chi connectivity index (χ1v) is 6.99. The fourth-order valence-electron chi connectivity index (χ4n) is 1.68. The van der Waals surface area contributed by atoms with Gasteiger partial charge in [0, 0.05) is 29.8 Å². The molecule has 19 heavy (non-hydrogen) atoms. The summed E-state index contributed by atoms with van der Waals surface area (Å²) in [6.45, 7) is 1.97. The number of nitrogens with two attached hydrogens (primary N) is 1. The van der Waals surface area contributed by atoms with Crippen LogP contribution >= 0.6 is 11.8 Å². The van der Waals surface area contributed by atoms with Gasteiger partial charge in [-0.2, -0.15) is 0 Å². The molecule has 1 aromatic heterocycles. The highest BCUT2D eigenvalue weighted by molar-refractivity contribution is 7.99. The molecule has 0 radical (unpaired) electrons. The molecule has 0 saturated heterocycles. The van der Waals surface area contributed by atoms with Crippen LogP contribution < -0.4 is 10.5 Å². The fourth-order valence-corrected chi connectivity index (χ4v) is 2.44. The second kappa shape index (κ2) is 6.54. The Morgan fingerprint density at radius 1 is 1.26 bits per heavy atom. The normalized spacial score (nSPS) is 12.2. The van der Waals surface area contributed by atoms with Crippen molar-refractivity contribution in [2.45, 2.75) is 18.1 Å². The Labute approximate surface area is 117 Å². The van der Waals surface area contributed by atoms with Crippen molar-refractivity contribution in [3.05, 3.63) is 47.8 Å². The zero-order valence-electron chi connectivity index (χ0n) is 11.0. The van der Waals surface area contributed by atoms with Gasteiger partial charge in [-0.05, 0) is 18.6 Å². The van der Waals surface area contributed by atoms with Crippen LogP contribution in [0.15, 0.2) is 41.8 Å². The van der Waals surface area contributed by atoms with Gasteiger partial charge < -0.3 is 10.5 Å². The van der Waals surface area contributed by atoms with Crippen LogP contribution in [0.1, 0.15) is 17.2 Å². The van der Waals surface area contributed by atoms with Crippen LogP contribution in [0.4, 0.5) is 0 Å². The van der Waals surface area contributed by atoms with E-state index < -0.39 is 0 Å². The Morgan fingerprint density at radius 2 is 1.95 bits per heavy atom. The van der Waals surface area contributed by atoms with E-state index in [1.807, 2.05) is 43.6 Å². The number of hydrogen-bond donors (Lipinski definition) is 1. The number of aryl methyl sites for hydroxylation is 1. The third-order valence-corrected chi connectivity index (χ3v) is 3.68. The summed E-state index contributed by atoms with van der Waals surface area (Å²) in [6.07, 6.45) is 3.62. The number of ether oxygens (including phenoxy) is 1. The van der Waals surface area contributed by atoms with E-state index in [2.05, 4.69) is 9.97 Å². The SMILES string of the molecule is COc1ccccc1C(N)CSc1ncc(C)cn1. The molecule has 2 N–H and O–H groups in total. The molecule has 0 spiro atoms. The minimum Gasteiger partial charge on any atom is -0.496 e. The molecule has 4 nitrogen and oxygen atoms in total. The molecule has 0 aliphatic rings. The monoisotopic (exact) mass is 275 g/mol. The standard InChI is InChI=1S/C14H17N3OS/c1-10-7-16-14(17-8-10)19-9-12(15)11-5-3-4-6-13(11)18-2/h3-8,12H,9,15H2,1-2H3. The lowest BCUT2D eigenvalue weighted by molar-refractivity contribution is 0.407. The number of para-hydroxylation sites is 1. The minimum atomic E-state index is -0.106. The number of methoxy groups -OCH3 is 1. The second-order valence-electron chi connectivity index (χ2n) is 4.20. The molecule has 0 aliphatic carbocycles. The van der Waals surface area contributed by atoms with Gasteiger partial charge in [-0.15, -0.1) is 0 Å². The maximum absolute atomic E-state index is 6.19. The molecular weight excluding hydrogens is 258 g/mol. The van der Waals surface area contributed by atoms with Crippen molar-refractivity contribution in [3.8, 4) is 5.75 Å². The van der Waals surface area contributed by atoms with Gasteiger partial charge in [0.15, 0.2) is 5.16 Å².